The molecular formula is C21H17BrN4O3S. The van der Waals surface area contributed by atoms with E-state index in [-0.39, 0.29) is 0 Å². The van der Waals surface area contributed by atoms with E-state index in [1.807, 2.05) is 48.5 Å². The van der Waals surface area contributed by atoms with Gasteiger partial charge in [-0.3, -0.25) is 0 Å². The summed E-state index contributed by atoms with van der Waals surface area (Å²) >= 11 is 4.94. The Balaban J connectivity index is 1.44. The summed E-state index contributed by atoms with van der Waals surface area (Å²) in [6.07, 6.45) is 0. The molecule has 0 unspecified atom stereocenters. The van der Waals surface area contributed by atoms with Gasteiger partial charge in [-0.2, -0.15) is 4.98 Å². The number of rotatable bonds is 7. The van der Waals surface area contributed by atoms with Crippen molar-refractivity contribution in [3.05, 3.63) is 65.0 Å². The molecule has 0 spiro atoms. The lowest BCUT2D eigenvalue weighted by molar-refractivity contribution is 0.388. The molecule has 0 bridgehead atoms. The normalized spacial score (nSPS) is 10.8. The molecule has 0 radical (unpaired) electrons. The first-order valence-electron chi connectivity index (χ1n) is 8.93. The summed E-state index contributed by atoms with van der Waals surface area (Å²) in [4.78, 5) is 4.46. The highest BCUT2D eigenvalue weighted by Gasteiger charge is 2.15. The third kappa shape index (κ3) is 4.63. The molecule has 0 N–H and O–H groups in total. The highest BCUT2D eigenvalue weighted by Crippen LogP contribution is 2.32. The number of hydrogen-bond acceptors (Lipinski definition) is 8. The molecule has 0 saturated carbocycles. The molecule has 30 heavy (non-hydrogen) atoms. The SMILES string of the molecule is COc1ccc(-c2noc(CSc3ccc(-c4cccc(Br)c4)nn3)n2)c(OC)c1. The molecule has 0 aliphatic heterocycles. The van der Waals surface area contributed by atoms with E-state index in [4.69, 9.17) is 14.0 Å². The third-order valence-electron chi connectivity index (χ3n) is 4.22. The summed E-state index contributed by atoms with van der Waals surface area (Å²) in [5.41, 5.74) is 2.55. The Bertz CT molecular complexity index is 1150. The lowest BCUT2D eigenvalue weighted by Crippen LogP contribution is -1.92. The van der Waals surface area contributed by atoms with Gasteiger partial charge in [0.2, 0.25) is 11.7 Å². The maximum atomic E-state index is 5.41. The first-order valence-corrected chi connectivity index (χ1v) is 10.7. The molecule has 2 aromatic heterocycles. The van der Waals surface area contributed by atoms with Crippen molar-refractivity contribution in [3.63, 3.8) is 0 Å². The summed E-state index contributed by atoms with van der Waals surface area (Å²) < 4.78 is 17.0. The Morgan fingerprint density at radius 1 is 1.00 bits per heavy atom. The Labute approximate surface area is 186 Å². The van der Waals surface area contributed by atoms with E-state index in [9.17, 15) is 0 Å². The molecule has 4 rings (SSSR count). The van der Waals surface area contributed by atoms with E-state index in [1.54, 1.807) is 20.3 Å². The Morgan fingerprint density at radius 2 is 1.90 bits per heavy atom. The van der Waals surface area contributed by atoms with Crippen LogP contribution in [0.4, 0.5) is 0 Å². The smallest absolute Gasteiger partial charge is 0.237 e. The molecular weight excluding hydrogens is 468 g/mol. The standard InChI is InChI=1S/C21H17BrN4O3S/c1-27-15-6-7-16(18(11-15)28-2)21-23-19(29-26-21)12-30-20-9-8-17(24-25-20)13-4-3-5-14(22)10-13/h3-11H,12H2,1-2H3. The van der Waals surface area contributed by atoms with Gasteiger partial charge in [0.1, 0.15) is 16.5 Å². The van der Waals surface area contributed by atoms with Crippen LogP contribution in [0.15, 0.2) is 68.6 Å². The highest BCUT2D eigenvalue weighted by atomic mass is 79.9. The molecule has 0 fully saturated rings. The van der Waals surface area contributed by atoms with Crippen molar-refractivity contribution in [1.29, 1.82) is 0 Å². The quantitative estimate of drug-likeness (QED) is 0.328. The van der Waals surface area contributed by atoms with Crippen molar-refractivity contribution in [2.24, 2.45) is 0 Å². The van der Waals surface area contributed by atoms with Gasteiger partial charge in [-0.05, 0) is 36.4 Å². The van der Waals surface area contributed by atoms with Gasteiger partial charge in [0.15, 0.2) is 0 Å². The fourth-order valence-electron chi connectivity index (χ4n) is 2.74. The van der Waals surface area contributed by atoms with Gasteiger partial charge in [-0.25, -0.2) is 0 Å². The van der Waals surface area contributed by atoms with E-state index in [2.05, 4.69) is 36.3 Å². The number of thioether (sulfide) groups is 1. The largest absolute Gasteiger partial charge is 0.497 e. The summed E-state index contributed by atoms with van der Waals surface area (Å²) in [5.74, 6) is 2.74. The van der Waals surface area contributed by atoms with Crippen molar-refractivity contribution in [3.8, 4) is 34.1 Å². The van der Waals surface area contributed by atoms with Crippen LogP contribution in [0.3, 0.4) is 0 Å². The van der Waals surface area contributed by atoms with Crippen LogP contribution in [0.5, 0.6) is 11.5 Å². The van der Waals surface area contributed by atoms with Crippen LogP contribution in [0.2, 0.25) is 0 Å². The van der Waals surface area contributed by atoms with Gasteiger partial charge in [0.25, 0.3) is 0 Å². The van der Waals surface area contributed by atoms with E-state index >= 15 is 0 Å². The summed E-state index contributed by atoms with van der Waals surface area (Å²) in [7, 11) is 3.19. The first kappa shape index (κ1) is 20.4. The summed E-state index contributed by atoms with van der Waals surface area (Å²) in [6, 6.07) is 17.3. The molecule has 9 heteroatoms. The van der Waals surface area contributed by atoms with Crippen molar-refractivity contribution >= 4 is 27.7 Å². The number of benzene rings is 2. The average Bonchev–Trinajstić information content (AvgIpc) is 3.26. The zero-order valence-electron chi connectivity index (χ0n) is 16.2. The zero-order chi connectivity index (χ0) is 20.9. The van der Waals surface area contributed by atoms with Gasteiger partial charge < -0.3 is 14.0 Å². The van der Waals surface area contributed by atoms with Gasteiger partial charge >= 0.3 is 0 Å². The molecule has 2 aromatic carbocycles. The number of methoxy groups -OCH3 is 2. The van der Waals surface area contributed by atoms with Crippen molar-refractivity contribution in [2.45, 2.75) is 10.8 Å². The van der Waals surface area contributed by atoms with Crippen LogP contribution in [0.25, 0.3) is 22.6 Å². The van der Waals surface area contributed by atoms with Crippen LogP contribution in [-0.2, 0) is 5.75 Å². The average molecular weight is 485 g/mol. The van der Waals surface area contributed by atoms with Gasteiger partial charge in [-0.15, -0.1) is 10.2 Å². The third-order valence-corrected chi connectivity index (χ3v) is 5.62. The minimum absolute atomic E-state index is 0.459. The maximum Gasteiger partial charge on any atom is 0.237 e. The minimum atomic E-state index is 0.459. The number of halogens is 1. The van der Waals surface area contributed by atoms with Gasteiger partial charge in [-0.1, -0.05) is 45.0 Å². The summed E-state index contributed by atoms with van der Waals surface area (Å²) in [6.45, 7) is 0. The lowest BCUT2D eigenvalue weighted by atomic mass is 10.1. The second-order valence-corrected chi connectivity index (χ2v) is 8.05. The number of ether oxygens (including phenoxy) is 2. The van der Waals surface area contributed by atoms with Gasteiger partial charge in [0.05, 0.1) is 31.2 Å². The Hall–Kier alpha value is -2.91. The number of hydrogen-bond donors (Lipinski definition) is 0. The Kier molecular flexibility index (Phi) is 6.29. The van der Waals surface area contributed by atoms with E-state index in [0.717, 1.165) is 26.3 Å². The van der Waals surface area contributed by atoms with Crippen molar-refractivity contribution < 1.29 is 14.0 Å². The monoisotopic (exact) mass is 484 g/mol. The first-order chi connectivity index (χ1) is 14.7. The molecule has 4 aromatic rings. The maximum absolute atomic E-state index is 5.41. The van der Waals surface area contributed by atoms with Crippen LogP contribution in [-0.4, -0.2) is 34.6 Å². The van der Waals surface area contributed by atoms with Gasteiger partial charge in [0, 0.05) is 16.1 Å². The van der Waals surface area contributed by atoms with Crippen LogP contribution in [0, 0.1) is 0 Å². The Morgan fingerprint density at radius 3 is 2.63 bits per heavy atom. The van der Waals surface area contributed by atoms with E-state index in [0.29, 0.717) is 29.0 Å². The second kappa shape index (κ2) is 9.27. The number of aromatic nitrogens is 4. The molecule has 0 amide bonds. The molecule has 0 aliphatic rings. The predicted octanol–water partition coefficient (Wildman–Crippen LogP) is 5.27. The number of nitrogens with zero attached hydrogens (tertiary/aromatic N) is 4. The van der Waals surface area contributed by atoms with Crippen LogP contribution >= 0.6 is 27.7 Å². The molecule has 0 aliphatic carbocycles. The fraction of sp³-hybridized carbons (Fsp3) is 0.143. The molecule has 7 nitrogen and oxygen atoms in total. The molecule has 0 saturated heterocycles. The summed E-state index contributed by atoms with van der Waals surface area (Å²) in [5, 5.41) is 13.4. The molecule has 152 valence electrons. The zero-order valence-corrected chi connectivity index (χ0v) is 18.6. The van der Waals surface area contributed by atoms with Crippen molar-refractivity contribution in [1.82, 2.24) is 20.3 Å². The fourth-order valence-corrected chi connectivity index (χ4v) is 3.79. The minimum Gasteiger partial charge on any atom is -0.497 e. The highest BCUT2D eigenvalue weighted by molar-refractivity contribution is 9.10. The predicted molar refractivity (Wildman–Crippen MR) is 118 cm³/mol. The van der Waals surface area contributed by atoms with Crippen LogP contribution in [0.1, 0.15) is 5.89 Å². The van der Waals surface area contributed by atoms with Crippen molar-refractivity contribution in [2.75, 3.05) is 14.2 Å². The second-order valence-electron chi connectivity index (χ2n) is 6.13. The van der Waals surface area contributed by atoms with Crippen LogP contribution < -0.4 is 9.47 Å². The van der Waals surface area contributed by atoms with E-state index < -0.39 is 0 Å². The lowest BCUT2D eigenvalue weighted by Gasteiger charge is -2.07. The molecule has 0 atom stereocenters. The van der Waals surface area contributed by atoms with E-state index in [1.165, 1.54) is 11.8 Å². The molecule has 2 heterocycles. The topological polar surface area (TPSA) is 83.2 Å².